The van der Waals surface area contributed by atoms with Crippen LogP contribution in [0.1, 0.15) is 22.0 Å². The first-order chi connectivity index (χ1) is 15.0. The molecule has 7 heteroatoms. The molecule has 0 aliphatic carbocycles. The van der Waals surface area contributed by atoms with Gasteiger partial charge in [-0.25, -0.2) is 4.39 Å². The van der Waals surface area contributed by atoms with Crippen LogP contribution in [-0.2, 0) is 4.79 Å². The lowest BCUT2D eigenvalue weighted by Crippen LogP contribution is -2.39. The fourth-order valence-electron chi connectivity index (χ4n) is 3.46. The van der Waals surface area contributed by atoms with Crippen molar-refractivity contribution in [3.63, 3.8) is 0 Å². The Morgan fingerprint density at radius 3 is 2.35 bits per heavy atom. The van der Waals surface area contributed by atoms with Crippen molar-refractivity contribution in [2.24, 2.45) is 0 Å². The largest absolute Gasteiger partial charge is 0.486 e. The van der Waals surface area contributed by atoms with Crippen LogP contribution < -0.4 is 14.8 Å². The van der Waals surface area contributed by atoms with Crippen molar-refractivity contribution in [1.82, 2.24) is 4.90 Å². The molecule has 4 rings (SSSR count). The summed E-state index contributed by atoms with van der Waals surface area (Å²) in [7, 11) is 1.48. The van der Waals surface area contributed by atoms with Crippen LogP contribution in [0.3, 0.4) is 0 Å². The second-order valence-corrected chi connectivity index (χ2v) is 7.06. The van der Waals surface area contributed by atoms with Gasteiger partial charge in [0.15, 0.2) is 11.5 Å². The number of hydrogen-bond acceptors (Lipinski definition) is 4. The Hall–Kier alpha value is -3.87. The summed E-state index contributed by atoms with van der Waals surface area (Å²) in [4.78, 5) is 27.5. The van der Waals surface area contributed by atoms with E-state index in [9.17, 15) is 14.0 Å². The molecule has 1 atom stereocenters. The quantitative estimate of drug-likeness (QED) is 0.676. The van der Waals surface area contributed by atoms with Gasteiger partial charge in [-0.1, -0.05) is 42.5 Å². The number of rotatable bonds is 5. The van der Waals surface area contributed by atoms with Gasteiger partial charge in [0.2, 0.25) is 0 Å². The second kappa shape index (κ2) is 8.87. The van der Waals surface area contributed by atoms with Gasteiger partial charge in [0.25, 0.3) is 11.8 Å². The van der Waals surface area contributed by atoms with Crippen LogP contribution in [0.5, 0.6) is 11.5 Å². The third kappa shape index (κ3) is 4.35. The summed E-state index contributed by atoms with van der Waals surface area (Å²) in [6, 6.07) is 18.7. The number of amides is 2. The lowest BCUT2D eigenvalue weighted by Gasteiger charge is -2.28. The Labute approximate surface area is 179 Å². The van der Waals surface area contributed by atoms with E-state index in [0.717, 1.165) is 0 Å². The zero-order valence-corrected chi connectivity index (χ0v) is 16.9. The highest BCUT2D eigenvalue weighted by atomic mass is 19.1. The zero-order chi connectivity index (χ0) is 21.8. The smallest absolute Gasteiger partial charge is 0.257 e. The number of hydrogen-bond donors (Lipinski definition) is 1. The SMILES string of the molecule is CN(C(=O)c1ccccc1F)C(C(=O)Nc1ccc2c(c1)OCCO2)c1ccccc1. The van der Waals surface area contributed by atoms with Crippen molar-refractivity contribution in [3.05, 3.63) is 89.7 Å². The van der Waals surface area contributed by atoms with Crippen LogP contribution >= 0.6 is 0 Å². The third-order valence-electron chi connectivity index (χ3n) is 4.99. The van der Waals surface area contributed by atoms with Crippen molar-refractivity contribution < 1.29 is 23.5 Å². The number of carbonyl (C=O) groups excluding carboxylic acids is 2. The summed E-state index contributed by atoms with van der Waals surface area (Å²) < 4.78 is 25.3. The minimum absolute atomic E-state index is 0.0990. The normalized spacial score (nSPS) is 13.2. The molecule has 1 unspecified atom stereocenters. The molecule has 0 saturated carbocycles. The van der Waals surface area contributed by atoms with E-state index in [1.54, 1.807) is 48.5 Å². The molecule has 6 nitrogen and oxygen atoms in total. The minimum atomic E-state index is -0.971. The first-order valence-electron chi connectivity index (χ1n) is 9.82. The standard InChI is InChI=1S/C24H21FN2O4/c1-27(24(29)18-9-5-6-10-19(18)25)22(16-7-3-2-4-8-16)23(28)26-17-11-12-20-21(15-17)31-14-13-30-20/h2-12,15,22H,13-14H2,1H3,(H,26,28). The number of carbonyl (C=O) groups is 2. The summed E-state index contributed by atoms with van der Waals surface area (Å²) in [5.74, 6) is -0.524. The number of fused-ring (bicyclic) bond motifs is 1. The third-order valence-corrected chi connectivity index (χ3v) is 4.99. The molecule has 0 aromatic heterocycles. The lowest BCUT2D eigenvalue weighted by atomic mass is 10.0. The van der Waals surface area contributed by atoms with Gasteiger partial charge < -0.3 is 19.7 Å². The molecule has 0 spiro atoms. The number of nitrogens with zero attached hydrogens (tertiary/aromatic N) is 1. The van der Waals surface area contributed by atoms with Crippen molar-refractivity contribution >= 4 is 17.5 Å². The van der Waals surface area contributed by atoms with Crippen LogP contribution in [0.4, 0.5) is 10.1 Å². The van der Waals surface area contributed by atoms with E-state index in [2.05, 4.69) is 5.32 Å². The van der Waals surface area contributed by atoms with Gasteiger partial charge in [0, 0.05) is 18.8 Å². The minimum Gasteiger partial charge on any atom is -0.486 e. The van der Waals surface area contributed by atoms with Crippen LogP contribution in [0, 0.1) is 5.82 Å². The molecular weight excluding hydrogens is 399 g/mol. The van der Waals surface area contributed by atoms with E-state index < -0.39 is 23.7 Å². The molecule has 3 aromatic rings. The first kappa shape index (κ1) is 20.4. The summed E-state index contributed by atoms with van der Waals surface area (Å²) in [6.45, 7) is 0.897. The molecule has 0 fully saturated rings. The Bertz CT molecular complexity index is 1100. The van der Waals surface area contributed by atoms with Crippen molar-refractivity contribution in [2.75, 3.05) is 25.6 Å². The number of anilines is 1. The Kier molecular flexibility index (Phi) is 5.84. The lowest BCUT2D eigenvalue weighted by molar-refractivity contribution is -0.120. The molecule has 3 aromatic carbocycles. The molecule has 0 bridgehead atoms. The highest BCUT2D eigenvalue weighted by molar-refractivity contribution is 6.01. The molecule has 1 aliphatic rings. The Morgan fingerprint density at radius 1 is 0.935 bits per heavy atom. The van der Waals surface area contributed by atoms with Gasteiger partial charge in [-0.05, 0) is 29.8 Å². The number of nitrogens with one attached hydrogen (secondary N) is 1. The molecule has 31 heavy (non-hydrogen) atoms. The predicted octanol–water partition coefficient (Wildman–Crippen LogP) is 4.05. The van der Waals surface area contributed by atoms with Crippen LogP contribution in [0.2, 0.25) is 0 Å². The van der Waals surface area contributed by atoms with E-state index in [0.29, 0.717) is 36.0 Å². The van der Waals surface area contributed by atoms with Gasteiger partial charge in [-0.3, -0.25) is 9.59 Å². The zero-order valence-electron chi connectivity index (χ0n) is 16.9. The average Bonchev–Trinajstić information content (AvgIpc) is 2.79. The first-order valence-corrected chi connectivity index (χ1v) is 9.82. The summed E-state index contributed by atoms with van der Waals surface area (Å²) in [5, 5.41) is 2.83. The van der Waals surface area contributed by atoms with Crippen molar-refractivity contribution in [2.45, 2.75) is 6.04 Å². The van der Waals surface area contributed by atoms with Crippen LogP contribution in [-0.4, -0.2) is 37.0 Å². The van der Waals surface area contributed by atoms with Crippen LogP contribution in [0.25, 0.3) is 0 Å². The number of halogens is 1. The average molecular weight is 420 g/mol. The van der Waals surface area contributed by atoms with Gasteiger partial charge in [0.1, 0.15) is 25.1 Å². The predicted molar refractivity (Wildman–Crippen MR) is 114 cm³/mol. The molecule has 0 saturated heterocycles. The molecule has 2 amide bonds. The fourth-order valence-corrected chi connectivity index (χ4v) is 3.46. The maximum absolute atomic E-state index is 14.2. The highest BCUT2D eigenvalue weighted by Crippen LogP contribution is 2.33. The van der Waals surface area contributed by atoms with E-state index >= 15 is 0 Å². The molecule has 1 aliphatic heterocycles. The fraction of sp³-hybridized carbons (Fsp3) is 0.167. The number of ether oxygens (including phenoxy) is 2. The summed E-state index contributed by atoms with van der Waals surface area (Å²) in [5.41, 5.74) is 1.00. The molecular formula is C24H21FN2O4. The Morgan fingerprint density at radius 2 is 1.61 bits per heavy atom. The van der Waals surface area contributed by atoms with Gasteiger partial charge >= 0.3 is 0 Å². The highest BCUT2D eigenvalue weighted by Gasteiger charge is 2.30. The van der Waals surface area contributed by atoms with E-state index in [4.69, 9.17) is 9.47 Å². The maximum atomic E-state index is 14.2. The monoisotopic (exact) mass is 420 g/mol. The topological polar surface area (TPSA) is 67.9 Å². The summed E-state index contributed by atoms with van der Waals surface area (Å²) in [6.07, 6.45) is 0. The van der Waals surface area contributed by atoms with Crippen LogP contribution in [0.15, 0.2) is 72.8 Å². The van der Waals surface area contributed by atoms with E-state index in [1.165, 1.54) is 30.1 Å². The van der Waals surface area contributed by atoms with Crippen molar-refractivity contribution in [1.29, 1.82) is 0 Å². The Balaban J connectivity index is 1.63. The second-order valence-electron chi connectivity index (χ2n) is 7.06. The molecule has 1 N–H and O–H groups in total. The van der Waals surface area contributed by atoms with Crippen molar-refractivity contribution in [3.8, 4) is 11.5 Å². The maximum Gasteiger partial charge on any atom is 0.257 e. The van der Waals surface area contributed by atoms with E-state index in [-0.39, 0.29) is 5.56 Å². The number of benzene rings is 3. The molecule has 158 valence electrons. The van der Waals surface area contributed by atoms with Gasteiger partial charge in [0.05, 0.1) is 5.56 Å². The van der Waals surface area contributed by atoms with Gasteiger partial charge in [-0.15, -0.1) is 0 Å². The summed E-state index contributed by atoms with van der Waals surface area (Å²) >= 11 is 0. The van der Waals surface area contributed by atoms with Gasteiger partial charge in [-0.2, -0.15) is 0 Å². The molecule has 0 radical (unpaired) electrons. The van der Waals surface area contributed by atoms with E-state index in [1.807, 2.05) is 6.07 Å². The number of likely N-dealkylation sites (N-methyl/N-ethyl adjacent to an activating group) is 1. The molecule has 1 heterocycles.